The van der Waals surface area contributed by atoms with E-state index in [-0.39, 0.29) is 12.3 Å². The summed E-state index contributed by atoms with van der Waals surface area (Å²) in [6.07, 6.45) is 0.196. The minimum atomic E-state index is -0.453. The van der Waals surface area contributed by atoms with E-state index in [9.17, 15) is 9.59 Å². The van der Waals surface area contributed by atoms with Crippen LogP contribution in [0.25, 0.3) is 10.9 Å². The topological polar surface area (TPSA) is 81.2 Å². The highest BCUT2D eigenvalue weighted by atomic mass is 32.1. The zero-order valence-corrected chi connectivity index (χ0v) is 15.9. The predicted molar refractivity (Wildman–Crippen MR) is 102 cm³/mol. The standard InChI is InChI=1S/C19H19N3O3S/c1-10-13-7-5-6-8-15(13)20-11(2)14(10)9-16(23)22-19-21-12(3)17(26-19)18(24)25-4/h5-8H,9H2,1-4H3,(H,21,22,23). The third-order valence-corrected chi connectivity index (χ3v) is 5.29. The van der Waals surface area contributed by atoms with Gasteiger partial charge in [0.2, 0.25) is 5.91 Å². The van der Waals surface area contributed by atoms with Crippen LogP contribution in [-0.4, -0.2) is 29.0 Å². The lowest BCUT2D eigenvalue weighted by Crippen LogP contribution is -2.16. The maximum Gasteiger partial charge on any atom is 0.350 e. The number of amides is 1. The van der Waals surface area contributed by atoms with Gasteiger partial charge in [0, 0.05) is 11.1 Å². The first-order valence-corrected chi connectivity index (χ1v) is 8.92. The number of aryl methyl sites for hydroxylation is 3. The monoisotopic (exact) mass is 369 g/mol. The van der Waals surface area contributed by atoms with Crippen LogP contribution in [0.5, 0.6) is 0 Å². The molecule has 3 aromatic rings. The molecule has 0 bridgehead atoms. The Kier molecular flexibility index (Phi) is 4.99. The molecule has 3 rings (SSSR count). The molecule has 1 aromatic carbocycles. The Morgan fingerprint density at radius 2 is 1.85 bits per heavy atom. The number of carbonyl (C=O) groups is 2. The van der Waals surface area contributed by atoms with Crippen LogP contribution in [0, 0.1) is 20.8 Å². The number of rotatable bonds is 4. The van der Waals surface area contributed by atoms with E-state index in [0.29, 0.717) is 15.7 Å². The van der Waals surface area contributed by atoms with Gasteiger partial charge in [-0.3, -0.25) is 9.78 Å². The van der Waals surface area contributed by atoms with Gasteiger partial charge in [0.1, 0.15) is 4.88 Å². The van der Waals surface area contributed by atoms with Crippen LogP contribution in [0.2, 0.25) is 0 Å². The summed E-state index contributed by atoms with van der Waals surface area (Å²) >= 11 is 1.11. The van der Waals surface area contributed by atoms with Crippen molar-refractivity contribution in [3.63, 3.8) is 0 Å². The quantitative estimate of drug-likeness (QED) is 0.711. The number of carbonyl (C=O) groups excluding carboxylic acids is 2. The van der Waals surface area contributed by atoms with Gasteiger partial charge in [-0.2, -0.15) is 0 Å². The van der Waals surface area contributed by atoms with Crippen molar-refractivity contribution in [2.45, 2.75) is 27.2 Å². The highest BCUT2D eigenvalue weighted by molar-refractivity contribution is 7.17. The molecule has 0 aliphatic carbocycles. The molecule has 0 spiro atoms. The van der Waals surface area contributed by atoms with E-state index in [1.54, 1.807) is 6.92 Å². The lowest BCUT2D eigenvalue weighted by molar-refractivity contribution is -0.115. The predicted octanol–water partition coefficient (Wildman–Crippen LogP) is 3.58. The number of nitrogens with one attached hydrogen (secondary N) is 1. The van der Waals surface area contributed by atoms with E-state index in [4.69, 9.17) is 4.74 Å². The van der Waals surface area contributed by atoms with E-state index < -0.39 is 5.97 Å². The van der Waals surface area contributed by atoms with Crippen LogP contribution in [-0.2, 0) is 16.0 Å². The van der Waals surface area contributed by atoms with Gasteiger partial charge < -0.3 is 10.1 Å². The number of hydrogen-bond acceptors (Lipinski definition) is 6. The van der Waals surface area contributed by atoms with Crippen molar-refractivity contribution < 1.29 is 14.3 Å². The van der Waals surface area contributed by atoms with Gasteiger partial charge in [-0.25, -0.2) is 9.78 Å². The van der Waals surface area contributed by atoms with Crippen molar-refractivity contribution in [2.24, 2.45) is 0 Å². The van der Waals surface area contributed by atoms with Gasteiger partial charge in [0.15, 0.2) is 5.13 Å². The molecule has 7 heteroatoms. The van der Waals surface area contributed by atoms with Gasteiger partial charge in [0.25, 0.3) is 0 Å². The average Bonchev–Trinajstić information content (AvgIpc) is 2.98. The number of hydrogen-bond donors (Lipinski definition) is 1. The van der Waals surface area contributed by atoms with Crippen LogP contribution >= 0.6 is 11.3 Å². The van der Waals surface area contributed by atoms with Crippen molar-refractivity contribution >= 4 is 39.2 Å². The third kappa shape index (κ3) is 3.43. The van der Waals surface area contributed by atoms with Crippen LogP contribution in [0.3, 0.4) is 0 Å². The summed E-state index contributed by atoms with van der Waals surface area (Å²) in [5.41, 5.74) is 4.25. The lowest BCUT2D eigenvalue weighted by atomic mass is 9.99. The Bertz CT molecular complexity index is 1010. The minimum Gasteiger partial charge on any atom is -0.465 e. The molecule has 0 saturated heterocycles. The zero-order chi connectivity index (χ0) is 18.8. The molecular formula is C19H19N3O3S. The molecule has 0 aliphatic heterocycles. The van der Waals surface area contributed by atoms with Gasteiger partial charge in [-0.15, -0.1) is 0 Å². The molecule has 0 atom stereocenters. The van der Waals surface area contributed by atoms with Gasteiger partial charge in [-0.1, -0.05) is 29.5 Å². The van der Waals surface area contributed by atoms with Crippen molar-refractivity contribution in [2.75, 3.05) is 12.4 Å². The van der Waals surface area contributed by atoms with Crippen molar-refractivity contribution in [3.05, 3.63) is 51.7 Å². The van der Waals surface area contributed by atoms with E-state index in [2.05, 4.69) is 15.3 Å². The number of esters is 1. The molecular weight excluding hydrogens is 350 g/mol. The SMILES string of the molecule is COC(=O)c1sc(NC(=O)Cc2c(C)nc3ccccc3c2C)nc1C. The molecule has 0 aliphatic rings. The summed E-state index contributed by atoms with van der Waals surface area (Å²) in [7, 11) is 1.32. The van der Waals surface area contributed by atoms with E-state index >= 15 is 0 Å². The highest BCUT2D eigenvalue weighted by Crippen LogP contribution is 2.25. The van der Waals surface area contributed by atoms with Crippen molar-refractivity contribution in [1.29, 1.82) is 0 Å². The number of anilines is 1. The number of methoxy groups -OCH3 is 1. The van der Waals surface area contributed by atoms with Crippen LogP contribution < -0.4 is 5.32 Å². The van der Waals surface area contributed by atoms with E-state index in [1.807, 2.05) is 38.1 Å². The highest BCUT2D eigenvalue weighted by Gasteiger charge is 2.18. The minimum absolute atomic E-state index is 0.196. The number of fused-ring (bicyclic) bond motifs is 1. The smallest absolute Gasteiger partial charge is 0.350 e. The summed E-state index contributed by atoms with van der Waals surface area (Å²) in [6.45, 7) is 5.62. The molecule has 1 N–H and O–H groups in total. The maximum absolute atomic E-state index is 12.5. The first-order chi connectivity index (χ1) is 12.4. The summed E-state index contributed by atoms with van der Waals surface area (Å²) < 4.78 is 4.71. The average molecular weight is 369 g/mol. The summed E-state index contributed by atoms with van der Waals surface area (Å²) in [6, 6.07) is 7.88. The second kappa shape index (κ2) is 7.21. The maximum atomic E-state index is 12.5. The van der Waals surface area contributed by atoms with Crippen LogP contribution in [0.15, 0.2) is 24.3 Å². The Labute approximate surface area is 155 Å². The number of thiazole rings is 1. The summed E-state index contributed by atoms with van der Waals surface area (Å²) in [4.78, 5) is 33.4. The molecule has 0 fully saturated rings. The number of ether oxygens (including phenoxy) is 1. The normalized spacial score (nSPS) is 10.8. The molecule has 0 unspecified atom stereocenters. The zero-order valence-electron chi connectivity index (χ0n) is 15.0. The molecule has 1 amide bonds. The number of nitrogens with zero attached hydrogens (tertiary/aromatic N) is 2. The van der Waals surface area contributed by atoms with Crippen molar-refractivity contribution in [1.82, 2.24) is 9.97 Å². The Morgan fingerprint density at radius 3 is 2.58 bits per heavy atom. The molecule has 0 radical (unpaired) electrons. The van der Waals surface area contributed by atoms with E-state index in [0.717, 1.165) is 39.1 Å². The molecule has 2 aromatic heterocycles. The Hall–Kier alpha value is -2.80. The lowest BCUT2D eigenvalue weighted by Gasteiger charge is -2.12. The number of pyridine rings is 1. The molecule has 0 saturated carbocycles. The first-order valence-electron chi connectivity index (χ1n) is 8.11. The summed E-state index contributed by atoms with van der Waals surface area (Å²) in [5, 5.41) is 4.19. The van der Waals surface area contributed by atoms with Crippen LogP contribution in [0.4, 0.5) is 5.13 Å². The molecule has 2 heterocycles. The molecule has 6 nitrogen and oxygen atoms in total. The number of aromatic nitrogens is 2. The van der Waals surface area contributed by atoms with E-state index in [1.165, 1.54) is 7.11 Å². The summed E-state index contributed by atoms with van der Waals surface area (Å²) in [5.74, 6) is -0.649. The first kappa shape index (κ1) is 18.0. The fourth-order valence-corrected chi connectivity index (χ4v) is 3.79. The number of benzene rings is 1. The number of para-hydroxylation sites is 1. The third-order valence-electron chi connectivity index (χ3n) is 4.24. The van der Waals surface area contributed by atoms with Gasteiger partial charge in [0.05, 0.1) is 24.7 Å². The molecule has 26 heavy (non-hydrogen) atoms. The second-order valence-corrected chi connectivity index (χ2v) is 6.97. The molecule has 134 valence electrons. The Morgan fingerprint density at radius 1 is 1.12 bits per heavy atom. The van der Waals surface area contributed by atoms with Crippen molar-refractivity contribution in [3.8, 4) is 0 Å². The second-order valence-electron chi connectivity index (χ2n) is 5.97. The fraction of sp³-hybridized carbons (Fsp3) is 0.263. The van der Waals surface area contributed by atoms with Crippen LogP contribution in [0.1, 0.15) is 32.2 Å². The fourth-order valence-electron chi connectivity index (χ4n) is 2.89. The Balaban J connectivity index is 1.83. The largest absolute Gasteiger partial charge is 0.465 e. The van der Waals surface area contributed by atoms with Gasteiger partial charge >= 0.3 is 5.97 Å². The van der Waals surface area contributed by atoms with Gasteiger partial charge in [-0.05, 0) is 38.0 Å².